The van der Waals surface area contributed by atoms with Crippen molar-refractivity contribution in [2.24, 2.45) is 0 Å². The zero-order valence-electron chi connectivity index (χ0n) is 15.8. The van der Waals surface area contributed by atoms with Gasteiger partial charge in [0.1, 0.15) is 5.82 Å². The van der Waals surface area contributed by atoms with Gasteiger partial charge in [0.15, 0.2) is 10.8 Å². The standard InChI is InChI=1S/C21H19FN4O2S/c1-2-3-6-11-26-20(28)15-8-5-4-7-14(15)18(25-26)19(27)24-21-23-16-10-9-13(22)12-17(16)29-21/h4-5,7-10,12H,2-3,6,11H2,1H3,(H,23,24,27). The molecule has 8 heteroatoms. The third kappa shape index (κ3) is 3.88. The molecule has 1 N–H and O–H groups in total. The van der Waals surface area contributed by atoms with Gasteiger partial charge >= 0.3 is 0 Å². The quantitative estimate of drug-likeness (QED) is 0.472. The molecule has 1 amide bonds. The molecule has 29 heavy (non-hydrogen) atoms. The van der Waals surface area contributed by atoms with Gasteiger partial charge in [0, 0.05) is 11.9 Å². The van der Waals surface area contributed by atoms with Crippen LogP contribution in [0.3, 0.4) is 0 Å². The molecule has 0 fully saturated rings. The third-order valence-corrected chi connectivity index (χ3v) is 5.56. The molecule has 2 heterocycles. The molecule has 6 nitrogen and oxygen atoms in total. The Labute approximate surface area is 170 Å². The van der Waals surface area contributed by atoms with Crippen LogP contribution >= 0.6 is 11.3 Å². The lowest BCUT2D eigenvalue weighted by molar-refractivity contribution is 0.102. The van der Waals surface area contributed by atoms with Crippen molar-refractivity contribution in [3.63, 3.8) is 0 Å². The van der Waals surface area contributed by atoms with Gasteiger partial charge in [-0.3, -0.25) is 14.9 Å². The largest absolute Gasteiger partial charge is 0.296 e. The van der Waals surface area contributed by atoms with Crippen LogP contribution in [0.25, 0.3) is 21.0 Å². The maximum atomic E-state index is 13.4. The van der Waals surface area contributed by atoms with E-state index in [0.717, 1.165) is 19.3 Å². The predicted octanol–water partition coefficient (Wildman–Crippen LogP) is 4.59. The summed E-state index contributed by atoms with van der Waals surface area (Å²) in [4.78, 5) is 30.0. The molecule has 2 aromatic carbocycles. The van der Waals surface area contributed by atoms with E-state index in [1.54, 1.807) is 30.3 Å². The van der Waals surface area contributed by atoms with E-state index in [1.165, 1.54) is 28.2 Å². The van der Waals surface area contributed by atoms with E-state index in [2.05, 4.69) is 22.3 Å². The number of aromatic nitrogens is 3. The number of rotatable bonds is 6. The number of amides is 1. The third-order valence-electron chi connectivity index (χ3n) is 4.63. The average Bonchev–Trinajstić information content (AvgIpc) is 3.11. The topological polar surface area (TPSA) is 76.9 Å². The molecule has 0 atom stereocenters. The van der Waals surface area contributed by atoms with E-state index in [1.807, 2.05) is 0 Å². The predicted molar refractivity (Wildman–Crippen MR) is 113 cm³/mol. The zero-order valence-corrected chi connectivity index (χ0v) is 16.6. The second-order valence-electron chi connectivity index (χ2n) is 6.71. The monoisotopic (exact) mass is 410 g/mol. The minimum absolute atomic E-state index is 0.169. The Kier molecular flexibility index (Phi) is 5.35. The first-order valence-electron chi connectivity index (χ1n) is 9.44. The Morgan fingerprint density at radius 2 is 1.97 bits per heavy atom. The summed E-state index contributed by atoms with van der Waals surface area (Å²) in [6.45, 7) is 2.54. The number of carbonyl (C=O) groups excluding carboxylic acids is 1. The minimum Gasteiger partial charge on any atom is -0.296 e. The minimum atomic E-state index is -0.454. The van der Waals surface area contributed by atoms with Gasteiger partial charge in [-0.25, -0.2) is 14.1 Å². The highest BCUT2D eigenvalue weighted by Crippen LogP contribution is 2.27. The van der Waals surface area contributed by atoms with Crippen LogP contribution in [0.1, 0.15) is 36.7 Å². The molecule has 0 bridgehead atoms. The normalized spacial score (nSPS) is 11.2. The first-order chi connectivity index (χ1) is 14.1. The number of hydrogen-bond donors (Lipinski definition) is 1. The molecule has 0 aliphatic carbocycles. The zero-order chi connectivity index (χ0) is 20.4. The summed E-state index contributed by atoms with van der Waals surface area (Å²) in [6, 6.07) is 11.2. The van der Waals surface area contributed by atoms with E-state index in [0.29, 0.717) is 32.7 Å². The van der Waals surface area contributed by atoms with Crippen LogP contribution in [0, 0.1) is 5.82 Å². The lowest BCUT2D eigenvalue weighted by Gasteiger charge is -2.10. The van der Waals surface area contributed by atoms with Crippen LogP contribution in [0.15, 0.2) is 47.3 Å². The number of thiazole rings is 1. The molecule has 4 aromatic rings. The van der Waals surface area contributed by atoms with E-state index < -0.39 is 5.91 Å². The Bertz CT molecular complexity index is 1260. The van der Waals surface area contributed by atoms with Crippen LogP contribution in [0.2, 0.25) is 0 Å². The number of nitrogens with one attached hydrogen (secondary N) is 1. The Hall–Kier alpha value is -3.13. The van der Waals surface area contributed by atoms with Crippen molar-refractivity contribution in [1.29, 1.82) is 0 Å². The molecule has 0 saturated heterocycles. The molecule has 4 rings (SSSR count). The molecule has 0 aliphatic rings. The number of halogens is 1. The first kappa shape index (κ1) is 19.2. The van der Waals surface area contributed by atoms with Crippen LogP contribution in [-0.2, 0) is 6.54 Å². The number of nitrogens with zero attached hydrogens (tertiary/aromatic N) is 3. The van der Waals surface area contributed by atoms with E-state index in [-0.39, 0.29) is 17.1 Å². The number of hydrogen-bond acceptors (Lipinski definition) is 5. The average molecular weight is 410 g/mol. The van der Waals surface area contributed by atoms with E-state index >= 15 is 0 Å². The molecule has 0 aliphatic heterocycles. The summed E-state index contributed by atoms with van der Waals surface area (Å²) in [5.74, 6) is -0.809. The van der Waals surface area contributed by atoms with Gasteiger partial charge < -0.3 is 0 Å². The van der Waals surface area contributed by atoms with Crippen LogP contribution in [-0.4, -0.2) is 20.7 Å². The summed E-state index contributed by atoms with van der Waals surface area (Å²) >= 11 is 1.18. The van der Waals surface area contributed by atoms with E-state index in [4.69, 9.17) is 0 Å². The van der Waals surface area contributed by atoms with Gasteiger partial charge in [0.05, 0.1) is 15.6 Å². The van der Waals surface area contributed by atoms with Crippen molar-refractivity contribution in [1.82, 2.24) is 14.8 Å². The van der Waals surface area contributed by atoms with Crippen LogP contribution in [0.4, 0.5) is 9.52 Å². The SMILES string of the molecule is CCCCCn1nc(C(=O)Nc2nc3ccc(F)cc3s2)c2ccccc2c1=O. The lowest BCUT2D eigenvalue weighted by Crippen LogP contribution is -2.27. The van der Waals surface area contributed by atoms with E-state index in [9.17, 15) is 14.0 Å². The second-order valence-corrected chi connectivity index (χ2v) is 7.75. The summed E-state index contributed by atoms with van der Waals surface area (Å²) in [6.07, 6.45) is 2.81. The molecule has 0 unspecified atom stereocenters. The molecule has 0 saturated carbocycles. The maximum absolute atomic E-state index is 13.4. The van der Waals surface area contributed by atoms with Crippen molar-refractivity contribution in [3.8, 4) is 0 Å². The number of benzene rings is 2. The molecule has 2 aromatic heterocycles. The molecule has 148 valence electrons. The summed E-state index contributed by atoms with van der Waals surface area (Å²) in [7, 11) is 0. The smallest absolute Gasteiger partial charge is 0.278 e. The van der Waals surface area contributed by atoms with Gasteiger partial charge in [-0.15, -0.1) is 0 Å². The number of fused-ring (bicyclic) bond motifs is 2. The highest BCUT2D eigenvalue weighted by atomic mass is 32.1. The Balaban J connectivity index is 1.71. The Morgan fingerprint density at radius 3 is 2.76 bits per heavy atom. The summed E-state index contributed by atoms with van der Waals surface area (Å²) in [5.41, 5.74) is 0.569. The maximum Gasteiger partial charge on any atom is 0.278 e. The van der Waals surface area contributed by atoms with Gasteiger partial charge in [-0.05, 0) is 30.7 Å². The fourth-order valence-electron chi connectivity index (χ4n) is 3.17. The van der Waals surface area contributed by atoms with Gasteiger partial charge in [-0.1, -0.05) is 49.3 Å². The van der Waals surface area contributed by atoms with Gasteiger partial charge in [0.2, 0.25) is 0 Å². The molecular formula is C21H19FN4O2S. The molecule has 0 spiro atoms. The fraction of sp³-hybridized carbons (Fsp3) is 0.238. The number of carbonyl (C=O) groups is 1. The number of aryl methyl sites for hydroxylation is 1. The fourth-order valence-corrected chi connectivity index (χ4v) is 4.06. The van der Waals surface area contributed by atoms with Crippen LogP contribution < -0.4 is 10.9 Å². The van der Waals surface area contributed by atoms with Crippen molar-refractivity contribution in [3.05, 3.63) is 64.3 Å². The summed E-state index contributed by atoms with van der Waals surface area (Å²) < 4.78 is 15.4. The van der Waals surface area contributed by atoms with Crippen molar-refractivity contribution >= 4 is 43.4 Å². The van der Waals surface area contributed by atoms with Crippen LogP contribution in [0.5, 0.6) is 0 Å². The number of anilines is 1. The van der Waals surface area contributed by atoms with Crippen molar-refractivity contribution in [2.45, 2.75) is 32.7 Å². The summed E-state index contributed by atoms with van der Waals surface area (Å²) in [5, 5.41) is 8.39. The van der Waals surface area contributed by atoms with Gasteiger partial charge in [-0.2, -0.15) is 5.10 Å². The Morgan fingerprint density at radius 1 is 1.17 bits per heavy atom. The molecular weight excluding hydrogens is 391 g/mol. The lowest BCUT2D eigenvalue weighted by atomic mass is 10.1. The molecule has 0 radical (unpaired) electrons. The van der Waals surface area contributed by atoms with Crippen molar-refractivity contribution < 1.29 is 9.18 Å². The van der Waals surface area contributed by atoms with Gasteiger partial charge in [0.25, 0.3) is 11.5 Å². The second kappa shape index (κ2) is 8.08. The number of unbranched alkanes of at least 4 members (excludes halogenated alkanes) is 2. The van der Waals surface area contributed by atoms with Crippen molar-refractivity contribution in [2.75, 3.05) is 5.32 Å². The first-order valence-corrected chi connectivity index (χ1v) is 10.3. The highest BCUT2D eigenvalue weighted by molar-refractivity contribution is 7.22. The highest BCUT2D eigenvalue weighted by Gasteiger charge is 2.18.